The average molecular weight is 997 g/mol. The van der Waals surface area contributed by atoms with Crippen molar-refractivity contribution >= 4 is 52.6 Å². The van der Waals surface area contributed by atoms with Gasteiger partial charge in [0.25, 0.3) is 0 Å². The summed E-state index contributed by atoms with van der Waals surface area (Å²) in [5, 5.41) is 23.0. The Morgan fingerprint density at radius 1 is 0.812 bits per heavy atom. The minimum absolute atomic E-state index is 0.108. The van der Waals surface area contributed by atoms with Gasteiger partial charge in [-0.25, -0.2) is 26.6 Å². The van der Waals surface area contributed by atoms with Crippen molar-refractivity contribution in [2.24, 2.45) is 0 Å². The minimum atomic E-state index is -5.00. The lowest BCUT2D eigenvalue weighted by Gasteiger charge is -2.28. The van der Waals surface area contributed by atoms with E-state index >= 15 is 16.8 Å². The van der Waals surface area contributed by atoms with Crippen LogP contribution in [0.1, 0.15) is 43.9 Å². The van der Waals surface area contributed by atoms with E-state index in [0.717, 1.165) is 5.56 Å². The van der Waals surface area contributed by atoms with E-state index in [2.05, 4.69) is 15.3 Å². The van der Waals surface area contributed by atoms with Crippen molar-refractivity contribution in [3.63, 3.8) is 0 Å². The predicted molar refractivity (Wildman–Crippen MR) is 260 cm³/mol. The average Bonchev–Trinajstić information content (AvgIpc) is 4.09. The maximum absolute atomic E-state index is 16.3. The van der Waals surface area contributed by atoms with Crippen molar-refractivity contribution in [1.82, 2.24) is 34.4 Å². The zero-order valence-corrected chi connectivity index (χ0v) is 41.2. The molecule has 2 aromatic heterocycles. The Morgan fingerprint density at radius 2 is 1.39 bits per heavy atom. The first-order chi connectivity index (χ1) is 32.9. The van der Waals surface area contributed by atoms with Crippen molar-refractivity contribution < 1.29 is 45.7 Å². The first-order valence-corrected chi connectivity index (χ1v) is 25.6. The number of hydrogen-bond acceptors (Lipinski definition) is 16. The van der Waals surface area contributed by atoms with Crippen molar-refractivity contribution in [2.75, 3.05) is 40.2 Å². The molecule has 18 nitrogen and oxygen atoms in total. The van der Waals surface area contributed by atoms with Gasteiger partial charge < -0.3 is 34.7 Å². The number of likely N-dealkylation sites (tertiary alicyclic amines) is 1. The molecule has 0 spiro atoms. The maximum Gasteiger partial charge on any atom is 0.410 e. The quantitative estimate of drug-likeness (QED) is 0.101. The van der Waals surface area contributed by atoms with Crippen molar-refractivity contribution in [3.05, 3.63) is 120 Å². The van der Waals surface area contributed by atoms with Gasteiger partial charge in [-0.1, -0.05) is 65.9 Å². The van der Waals surface area contributed by atoms with E-state index in [1.165, 1.54) is 51.7 Å². The number of rotatable bonds is 16. The Morgan fingerprint density at radius 3 is 1.94 bits per heavy atom. The van der Waals surface area contributed by atoms with Gasteiger partial charge in [-0.2, -0.15) is 9.10 Å². The van der Waals surface area contributed by atoms with Gasteiger partial charge in [-0.3, -0.25) is 0 Å². The van der Waals surface area contributed by atoms with Crippen LogP contribution in [0.15, 0.2) is 113 Å². The Bertz CT molecular complexity index is 3140. The number of methoxy groups -OCH3 is 3. The third-order valence-corrected chi connectivity index (χ3v) is 16.6. The number of carbonyl (C=O) groups excluding carboxylic acids is 1. The minimum Gasteiger partial charge on any atom is -0.497 e. The summed E-state index contributed by atoms with van der Waals surface area (Å²) < 4.78 is 87.3. The first-order valence-electron chi connectivity index (χ1n) is 21.8. The van der Waals surface area contributed by atoms with Crippen LogP contribution in [-0.4, -0.2) is 114 Å². The number of nitrogens with zero attached hydrogens (tertiary/aromatic N) is 7. The number of hydrogen-bond donors (Lipinski definition) is 2. The molecule has 0 aliphatic carbocycles. The molecule has 362 valence electrons. The summed E-state index contributed by atoms with van der Waals surface area (Å²) in [4.78, 5) is 19.4. The molecule has 3 heterocycles. The number of benzene rings is 5. The number of carbonyl (C=O) groups is 1. The Balaban J connectivity index is 1.39. The van der Waals surface area contributed by atoms with Gasteiger partial charge >= 0.3 is 6.09 Å². The highest BCUT2D eigenvalue weighted by Gasteiger charge is 2.47. The molecule has 1 aliphatic rings. The van der Waals surface area contributed by atoms with Gasteiger partial charge in [0, 0.05) is 25.2 Å². The van der Waals surface area contributed by atoms with E-state index in [9.17, 15) is 9.90 Å². The monoisotopic (exact) mass is 996 g/mol. The number of ether oxygens (including phenoxy) is 4. The molecule has 2 atom stereocenters. The fraction of sp³-hybridized carbons (Fsp3) is 0.312. The number of nitrogen functional groups attached to an aromatic ring is 1. The van der Waals surface area contributed by atoms with Crippen LogP contribution in [0.5, 0.6) is 17.2 Å². The van der Waals surface area contributed by atoms with Crippen LogP contribution in [0.4, 0.5) is 9.93 Å². The normalized spacial score (nSPS) is 15.4. The van der Waals surface area contributed by atoms with E-state index in [1.54, 1.807) is 101 Å². The smallest absolute Gasteiger partial charge is 0.410 e. The highest BCUT2D eigenvalue weighted by atomic mass is 32.2. The largest absolute Gasteiger partial charge is 0.497 e. The molecule has 7 aromatic rings. The van der Waals surface area contributed by atoms with Gasteiger partial charge in [-0.05, 0) is 103 Å². The summed E-state index contributed by atoms with van der Waals surface area (Å²) >= 11 is 1.23. The molecule has 5 aromatic carbocycles. The SMILES string of the molecule is COc1ccc(CN(Cc2ccc(OC)cc2)S(=O)(=O)c2c(S(=O)(=O)[C@@H]3C[C@H](CO)N(C(=O)OC(C)(C)C)C3)ccc(-c3cccc4sc(N)nc34)c2-c2nnn(Cc3ccc(OC)cc3)n2)cc1. The highest BCUT2D eigenvalue weighted by Crippen LogP contribution is 2.45. The van der Waals surface area contributed by atoms with Gasteiger partial charge in [0.15, 0.2) is 15.0 Å². The second-order valence-corrected chi connectivity index (χ2v) is 22.5. The van der Waals surface area contributed by atoms with Crippen molar-refractivity contribution in [2.45, 2.75) is 73.5 Å². The number of aromatic nitrogens is 5. The standard InChI is InChI=1S/C48H52N8O10S3/c1-48(2,3)66-47(58)55-28-37(24-33(55)29-57)68(59,60)41-23-22-38(39-8-7-9-40-43(39)50-46(49)67-40)42(45-51-53-56(52-45)27-32-14-20-36(65-6)21-15-32)44(41)69(61,62)54(25-30-10-16-34(63-4)17-11-30)26-31-12-18-35(64-5)19-13-31/h7-23,33,37,57H,24-29H2,1-6H3,(H2,49,50)/t33-,37-/m1/s1. The molecule has 1 fully saturated rings. The van der Waals surface area contributed by atoms with Crippen LogP contribution in [-0.2, 0) is 44.2 Å². The van der Waals surface area contributed by atoms with Gasteiger partial charge in [0.2, 0.25) is 15.8 Å². The van der Waals surface area contributed by atoms with E-state index in [-0.39, 0.29) is 48.1 Å². The van der Waals surface area contributed by atoms with Gasteiger partial charge in [-0.15, -0.1) is 10.2 Å². The molecule has 69 heavy (non-hydrogen) atoms. The summed E-state index contributed by atoms with van der Waals surface area (Å²) in [6, 6.07) is 28.1. The van der Waals surface area contributed by atoms with Gasteiger partial charge in [0.1, 0.15) is 27.7 Å². The van der Waals surface area contributed by atoms with Crippen LogP contribution in [0, 0.1) is 0 Å². The molecule has 1 amide bonds. The van der Waals surface area contributed by atoms with Crippen LogP contribution >= 0.6 is 11.3 Å². The van der Waals surface area contributed by atoms with Gasteiger partial charge in [0.05, 0.1) is 66.4 Å². The maximum atomic E-state index is 16.3. The summed E-state index contributed by atoms with van der Waals surface area (Å²) in [6.45, 7) is 3.72. The number of para-hydroxylation sites is 1. The number of thiazole rings is 1. The molecule has 1 aliphatic heterocycles. The van der Waals surface area contributed by atoms with Crippen LogP contribution in [0.3, 0.4) is 0 Å². The Kier molecular flexibility index (Phi) is 14.0. The van der Waals surface area contributed by atoms with E-state index in [1.807, 2.05) is 18.2 Å². The molecule has 0 saturated carbocycles. The second-order valence-electron chi connectivity index (χ2n) is 17.4. The van der Waals surface area contributed by atoms with Crippen LogP contribution in [0.2, 0.25) is 0 Å². The third-order valence-electron chi connectivity index (χ3n) is 11.6. The van der Waals surface area contributed by atoms with Crippen molar-refractivity contribution in [1.29, 1.82) is 0 Å². The molecule has 0 unspecified atom stereocenters. The predicted octanol–water partition coefficient (Wildman–Crippen LogP) is 6.81. The molecular formula is C48H52N8O10S3. The molecule has 21 heteroatoms. The fourth-order valence-corrected chi connectivity index (χ4v) is 13.1. The molecule has 1 saturated heterocycles. The number of fused-ring (bicyclic) bond motifs is 1. The lowest BCUT2D eigenvalue weighted by molar-refractivity contribution is 0.0176. The molecule has 0 radical (unpaired) electrons. The number of aliphatic hydroxyl groups is 1. The fourth-order valence-electron chi connectivity index (χ4n) is 8.20. The zero-order valence-electron chi connectivity index (χ0n) is 38.8. The van der Waals surface area contributed by atoms with E-state index < -0.39 is 65.8 Å². The summed E-state index contributed by atoms with van der Waals surface area (Å²) in [6.07, 6.45) is -1.04. The molecular weight excluding hydrogens is 945 g/mol. The lowest BCUT2D eigenvalue weighted by Crippen LogP contribution is -2.41. The van der Waals surface area contributed by atoms with E-state index in [4.69, 9.17) is 29.8 Å². The number of nitrogens with two attached hydrogens (primary N) is 1. The van der Waals surface area contributed by atoms with E-state index in [0.29, 0.717) is 44.2 Å². The lowest BCUT2D eigenvalue weighted by atomic mass is 9.98. The zero-order chi connectivity index (χ0) is 49.3. The summed E-state index contributed by atoms with van der Waals surface area (Å²) in [5.41, 5.74) is 8.16. The number of aliphatic hydroxyl groups excluding tert-OH is 1. The number of tetrazole rings is 1. The van der Waals surface area contributed by atoms with Crippen LogP contribution in [0.25, 0.3) is 32.7 Å². The summed E-state index contributed by atoms with van der Waals surface area (Å²) in [7, 11) is -5.14. The second kappa shape index (κ2) is 19.8. The number of sulfone groups is 1. The topological polar surface area (TPSA) is 231 Å². The third kappa shape index (κ3) is 10.4. The summed E-state index contributed by atoms with van der Waals surface area (Å²) in [5.74, 6) is 1.53. The van der Waals surface area contributed by atoms with Crippen molar-refractivity contribution in [3.8, 4) is 39.8 Å². The molecule has 3 N–H and O–H groups in total. The highest BCUT2D eigenvalue weighted by molar-refractivity contribution is 7.94. The molecule has 0 bridgehead atoms. The number of sulfonamides is 1. The van der Waals surface area contributed by atoms with Crippen LogP contribution < -0.4 is 19.9 Å². The first kappa shape index (κ1) is 48.8. The Labute approximate surface area is 404 Å². The molecule has 8 rings (SSSR count). The number of anilines is 1. The Hall–Kier alpha value is -6.65. The number of amides is 1.